The molecule has 0 saturated heterocycles. The number of rotatable bonds is 7. The minimum Gasteiger partial charge on any atom is -0.486 e. The first-order valence-electron chi connectivity index (χ1n) is 12.2. The molecule has 1 aliphatic carbocycles. The van der Waals surface area contributed by atoms with Crippen LogP contribution in [0.5, 0.6) is 11.5 Å². The number of amides is 1. The summed E-state index contributed by atoms with van der Waals surface area (Å²) >= 11 is 0. The maximum atomic E-state index is 13.5. The number of fused-ring (bicyclic) bond motifs is 4. The fourth-order valence-corrected chi connectivity index (χ4v) is 5.13. The minimum atomic E-state index is -1.66. The van der Waals surface area contributed by atoms with Gasteiger partial charge < -0.3 is 19.3 Å². The predicted molar refractivity (Wildman–Crippen MR) is 134 cm³/mol. The minimum absolute atomic E-state index is 0.115. The van der Waals surface area contributed by atoms with E-state index in [1.165, 1.54) is 11.8 Å². The average Bonchev–Trinajstić information content (AvgIpc) is 3.23. The Morgan fingerprint density at radius 3 is 2.19 bits per heavy atom. The molecule has 1 unspecified atom stereocenters. The number of aliphatic carboxylic acids is 1. The van der Waals surface area contributed by atoms with Crippen molar-refractivity contribution < 1.29 is 28.9 Å². The second-order valence-electron chi connectivity index (χ2n) is 9.19. The standard InChI is InChI=1S/C29H29NO6/c1-3-14-30(29(2,27(31)32)19-12-13-25-26(17-19)35-16-15-34-25)28(33)36-18-24-22-10-6-4-8-20(22)21-9-5-7-11-23(21)24/h4-13,17,24H,3,14-16,18H2,1-2H3,(H,31,32). The van der Waals surface area contributed by atoms with Gasteiger partial charge in [0.05, 0.1) is 0 Å². The van der Waals surface area contributed by atoms with Crippen molar-refractivity contribution in [2.24, 2.45) is 0 Å². The molecule has 3 aromatic carbocycles. The quantitative estimate of drug-likeness (QED) is 0.479. The summed E-state index contributed by atoms with van der Waals surface area (Å²) in [5.41, 5.74) is 3.22. The first-order valence-corrected chi connectivity index (χ1v) is 12.2. The smallest absolute Gasteiger partial charge is 0.411 e. The fraction of sp³-hybridized carbons (Fsp3) is 0.310. The molecule has 1 aliphatic heterocycles. The third-order valence-electron chi connectivity index (χ3n) is 7.06. The molecule has 7 heteroatoms. The predicted octanol–water partition coefficient (Wildman–Crippen LogP) is 5.42. The van der Waals surface area contributed by atoms with Crippen LogP contribution in [0, 0.1) is 0 Å². The number of benzene rings is 3. The van der Waals surface area contributed by atoms with Crippen LogP contribution < -0.4 is 9.47 Å². The van der Waals surface area contributed by atoms with Crippen LogP contribution in [-0.4, -0.2) is 48.4 Å². The zero-order valence-electron chi connectivity index (χ0n) is 20.4. The summed E-state index contributed by atoms with van der Waals surface area (Å²) in [5.74, 6) is -0.243. The van der Waals surface area contributed by atoms with Gasteiger partial charge in [-0.15, -0.1) is 0 Å². The number of ether oxygens (including phenoxy) is 3. The van der Waals surface area contributed by atoms with Crippen molar-refractivity contribution in [3.63, 3.8) is 0 Å². The Morgan fingerprint density at radius 2 is 1.58 bits per heavy atom. The molecule has 3 aromatic rings. The molecule has 1 amide bonds. The van der Waals surface area contributed by atoms with Gasteiger partial charge in [0.1, 0.15) is 19.8 Å². The number of nitrogens with zero attached hydrogens (tertiary/aromatic N) is 1. The van der Waals surface area contributed by atoms with E-state index in [0.29, 0.717) is 36.7 Å². The molecule has 1 N–H and O–H groups in total. The van der Waals surface area contributed by atoms with Crippen LogP contribution in [0.4, 0.5) is 4.79 Å². The highest BCUT2D eigenvalue weighted by Gasteiger charge is 2.45. The summed E-state index contributed by atoms with van der Waals surface area (Å²) in [6.07, 6.45) is -0.101. The lowest BCUT2D eigenvalue weighted by Gasteiger charge is -2.38. The maximum Gasteiger partial charge on any atom is 0.411 e. The molecule has 0 aromatic heterocycles. The monoisotopic (exact) mass is 487 g/mol. The van der Waals surface area contributed by atoms with E-state index in [-0.39, 0.29) is 19.1 Å². The van der Waals surface area contributed by atoms with E-state index in [9.17, 15) is 14.7 Å². The summed E-state index contributed by atoms with van der Waals surface area (Å²) in [7, 11) is 0. The molecule has 0 fully saturated rings. The van der Waals surface area contributed by atoms with E-state index < -0.39 is 17.6 Å². The SMILES string of the molecule is CCCN(C(=O)OCC1c2ccccc2-c2ccccc21)C(C)(C(=O)O)c1ccc2c(c1)OCCO2. The van der Waals surface area contributed by atoms with Crippen molar-refractivity contribution in [2.75, 3.05) is 26.4 Å². The molecular weight excluding hydrogens is 458 g/mol. The van der Waals surface area contributed by atoms with Crippen molar-refractivity contribution in [3.8, 4) is 22.6 Å². The highest BCUT2D eigenvalue weighted by atomic mass is 16.6. The normalized spacial score (nSPS) is 15.4. The van der Waals surface area contributed by atoms with E-state index in [2.05, 4.69) is 12.1 Å². The molecule has 0 radical (unpaired) electrons. The highest BCUT2D eigenvalue weighted by Crippen LogP contribution is 2.45. The van der Waals surface area contributed by atoms with E-state index in [4.69, 9.17) is 14.2 Å². The third kappa shape index (κ3) is 3.94. The Bertz CT molecular complexity index is 1260. The Balaban J connectivity index is 1.43. The van der Waals surface area contributed by atoms with Crippen molar-refractivity contribution >= 4 is 12.1 Å². The average molecular weight is 488 g/mol. The summed E-state index contributed by atoms with van der Waals surface area (Å²) < 4.78 is 17.1. The van der Waals surface area contributed by atoms with Crippen LogP contribution in [-0.2, 0) is 15.1 Å². The van der Waals surface area contributed by atoms with Gasteiger partial charge in [0.15, 0.2) is 17.0 Å². The lowest BCUT2D eigenvalue weighted by atomic mass is 9.89. The number of carbonyl (C=O) groups excluding carboxylic acids is 1. The van der Waals surface area contributed by atoms with Crippen LogP contribution in [0.3, 0.4) is 0 Å². The van der Waals surface area contributed by atoms with Crippen molar-refractivity contribution in [3.05, 3.63) is 83.4 Å². The van der Waals surface area contributed by atoms with Crippen molar-refractivity contribution in [2.45, 2.75) is 31.7 Å². The van der Waals surface area contributed by atoms with Crippen LogP contribution in [0.15, 0.2) is 66.7 Å². The van der Waals surface area contributed by atoms with Crippen molar-refractivity contribution in [1.82, 2.24) is 4.90 Å². The second kappa shape index (κ2) is 9.57. The number of carboxylic acid groups (broad SMARTS) is 1. The van der Waals surface area contributed by atoms with Crippen molar-refractivity contribution in [1.29, 1.82) is 0 Å². The third-order valence-corrected chi connectivity index (χ3v) is 7.06. The molecular formula is C29H29NO6. The van der Waals surface area contributed by atoms with E-state index >= 15 is 0 Å². The summed E-state index contributed by atoms with van der Waals surface area (Å²) in [5, 5.41) is 10.4. The molecule has 0 bridgehead atoms. The van der Waals surface area contributed by atoms with E-state index in [0.717, 1.165) is 22.3 Å². The molecule has 5 rings (SSSR count). The molecule has 1 atom stereocenters. The first kappa shape index (κ1) is 23.7. The van der Waals surface area contributed by atoms with Gasteiger partial charge in [-0.25, -0.2) is 9.59 Å². The summed E-state index contributed by atoms with van der Waals surface area (Å²) in [6, 6.07) is 21.2. The Morgan fingerprint density at radius 1 is 0.972 bits per heavy atom. The van der Waals surface area contributed by atoms with Gasteiger partial charge in [-0.05, 0) is 53.3 Å². The number of carbonyl (C=O) groups is 2. The fourth-order valence-electron chi connectivity index (χ4n) is 5.13. The summed E-state index contributed by atoms with van der Waals surface area (Å²) in [6.45, 7) is 4.57. The zero-order valence-corrected chi connectivity index (χ0v) is 20.4. The molecule has 36 heavy (non-hydrogen) atoms. The van der Waals surface area contributed by atoms with Crippen LogP contribution in [0.2, 0.25) is 0 Å². The zero-order chi connectivity index (χ0) is 25.3. The van der Waals surface area contributed by atoms with E-state index in [1.54, 1.807) is 18.2 Å². The lowest BCUT2D eigenvalue weighted by Crippen LogP contribution is -2.53. The van der Waals surface area contributed by atoms with Crippen LogP contribution in [0.25, 0.3) is 11.1 Å². The van der Waals surface area contributed by atoms with Gasteiger partial charge in [0.25, 0.3) is 0 Å². The Labute approximate surface area is 210 Å². The van der Waals surface area contributed by atoms with Gasteiger partial charge in [-0.1, -0.05) is 61.5 Å². The lowest BCUT2D eigenvalue weighted by molar-refractivity contribution is -0.150. The van der Waals surface area contributed by atoms with Gasteiger partial charge >= 0.3 is 12.1 Å². The Hall–Kier alpha value is -4.00. The Kier molecular flexibility index (Phi) is 6.31. The molecule has 0 saturated carbocycles. The van der Waals surface area contributed by atoms with Gasteiger partial charge in [0, 0.05) is 12.5 Å². The van der Waals surface area contributed by atoms with Gasteiger partial charge in [-0.2, -0.15) is 0 Å². The second-order valence-corrected chi connectivity index (χ2v) is 9.19. The molecule has 2 aliphatic rings. The summed E-state index contributed by atoms with van der Waals surface area (Å²) in [4.78, 5) is 27.5. The van der Waals surface area contributed by atoms with E-state index in [1.807, 2.05) is 43.3 Å². The highest BCUT2D eigenvalue weighted by molar-refractivity contribution is 5.86. The molecule has 0 spiro atoms. The number of hydrogen-bond acceptors (Lipinski definition) is 5. The molecule has 1 heterocycles. The maximum absolute atomic E-state index is 13.5. The van der Waals surface area contributed by atoms with Crippen LogP contribution in [0.1, 0.15) is 42.9 Å². The topological polar surface area (TPSA) is 85.3 Å². The van der Waals surface area contributed by atoms with Crippen LogP contribution >= 0.6 is 0 Å². The number of hydrogen-bond donors (Lipinski definition) is 1. The van der Waals surface area contributed by atoms with Gasteiger partial charge in [0.2, 0.25) is 0 Å². The van der Waals surface area contributed by atoms with Gasteiger partial charge in [-0.3, -0.25) is 4.90 Å². The largest absolute Gasteiger partial charge is 0.486 e. The number of carboxylic acids is 1. The molecule has 186 valence electrons. The first-order chi connectivity index (χ1) is 17.4. The molecule has 7 nitrogen and oxygen atoms in total.